The first-order chi connectivity index (χ1) is 6.56. The molecule has 1 N–H and O–H groups in total. The fourth-order valence-corrected chi connectivity index (χ4v) is 1.91. The number of esters is 1. The van der Waals surface area contributed by atoms with Crippen LogP contribution in [-0.2, 0) is 9.53 Å². The topological polar surface area (TPSA) is 46.5 Å². The molecular formula is C10H20O3S. The van der Waals surface area contributed by atoms with Gasteiger partial charge in [0.25, 0.3) is 0 Å². The van der Waals surface area contributed by atoms with Gasteiger partial charge in [-0.2, -0.15) is 11.8 Å². The smallest absolute Gasteiger partial charge is 0.308 e. The molecule has 0 spiro atoms. The Bertz CT molecular complexity index is 159. The molecular weight excluding hydrogens is 200 g/mol. The Kier molecular flexibility index (Phi) is 7.99. The third-order valence-corrected chi connectivity index (χ3v) is 2.99. The normalized spacial score (nSPS) is 12.9. The average molecular weight is 220 g/mol. The van der Waals surface area contributed by atoms with Gasteiger partial charge in [0, 0.05) is 5.75 Å². The standard InChI is InChI=1S/C10H20O3S/c1-4-13-10(12)5-9(11)7-14-6-8(2)3/h8-9,11H,4-7H2,1-3H3. The molecule has 0 aliphatic carbocycles. The second-order valence-electron chi connectivity index (χ2n) is 3.59. The second kappa shape index (κ2) is 8.12. The van der Waals surface area contributed by atoms with E-state index in [0.717, 1.165) is 5.75 Å². The van der Waals surface area contributed by atoms with Gasteiger partial charge in [0.2, 0.25) is 0 Å². The van der Waals surface area contributed by atoms with Gasteiger partial charge in [0.05, 0.1) is 19.1 Å². The first-order valence-electron chi connectivity index (χ1n) is 4.97. The van der Waals surface area contributed by atoms with Gasteiger partial charge in [-0.1, -0.05) is 13.8 Å². The van der Waals surface area contributed by atoms with Crippen LogP contribution in [0.1, 0.15) is 27.2 Å². The minimum absolute atomic E-state index is 0.110. The van der Waals surface area contributed by atoms with Crippen molar-refractivity contribution in [2.75, 3.05) is 18.1 Å². The number of hydrogen-bond acceptors (Lipinski definition) is 4. The molecule has 1 atom stereocenters. The van der Waals surface area contributed by atoms with E-state index >= 15 is 0 Å². The van der Waals surface area contributed by atoms with Gasteiger partial charge in [0.15, 0.2) is 0 Å². The van der Waals surface area contributed by atoms with Gasteiger partial charge in [-0.15, -0.1) is 0 Å². The minimum atomic E-state index is -0.571. The molecule has 3 nitrogen and oxygen atoms in total. The summed E-state index contributed by atoms with van der Waals surface area (Å²) in [6.07, 6.45) is -0.461. The highest BCUT2D eigenvalue weighted by Gasteiger charge is 2.11. The minimum Gasteiger partial charge on any atom is -0.466 e. The van der Waals surface area contributed by atoms with Gasteiger partial charge in [-0.05, 0) is 18.6 Å². The summed E-state index contributed by atoms with van der Waals surface area (Å²) in [5.74, 6) is 1.93. The number of carbonyl (C=O) groups excluding carboxylic acids is 1. The number of aliphatic hydroxyl groups excluding tert-OH is 1. The molecule has 0 aromatic carbocycles. The highest BCUT2D eigenvalue weighted by molar-refractivity contribution is 7.99. The Morgan fingerprint density at radius 1 is 1.43 bits per heavy atom. The number of carbonyl (C=O) groups is 1. The van der Waals surface area contributed by atoms with Crippen LogP contribution in [0.15, 0.2) is 0 Å². The lowest BCUT2D eigenvalue weighted by molar-refractivity contribution is -0.144. The number of aliphatic hydroxyl groups is 1. The molecule has 0 rings (SSSR count). The molecule has 0 fully saturated rings. The third kappa shape index (κ3) is 8.38. The van der Waals surface area contributed by atoms with Crippen LogP contribution in [0.25, 0.3) is 0 Å². The maximum Gasteiger partial charge on any atom is 0.308 e. The van der Waals surface area contributed by atoms with Crippen LogP contribution in [0.3, 0.4) is 0 Å². The van der Waals surface area contributed by atoms with Gasteiger partial charge in [-0.25, -0.2) is 0 Å². The predicted octanol–water partition coefficient (Wildman–Crippen LogP) is 1.69. The molecule has 0 bridgehead atoms. The van der Waals surface area contributed by atoms with E-state index in [2.05, 4.69) is 13.8 Å². The van der Waals surface area contributed by atoms with Crippen molar-refractivity contribution in [3.05, 3.63) is 0 Å². The molecule has 0 saturated carbocycles. The molecule has 84 valence electrons. The van der Waals surface area contributed by atoms with Gasteiger partial charge in [0.1, 0.15) is 0 Å². The molecule has 0 aromatic rings. The number of rotatable bonds is 7. The number of hydrogen-bond donors (Lipinski definition) is 1. The monoisotopic (exact) mass is 220 g/mol. The summed E-state index contributed by atoms with van der Waals surface area (Å²) in [7, 11) is 0. The molecule has 0 aliphatic rings. The second-order valence-corrected chi connectivity index (χ2v) is 4.67. The zero-order valence-electron chi connectivity index (χ0n) is 9.16. The van der Waals surface area contributed by atoms with Gasteiger partial charge in [-0.3, -0.25) is 4.79 Å². The predicted molar refractivity (Wildman–Crippen MR) is 59.4 cm³/mol. The molecule has 1 unspecified atom stereocenters. The fraction of sp³-hybridized carbons (Fsp3) is 0.900. The van der Waals surface area contributed by atoms with Crippen molar-refractivity contribution in [3.63, 3.8) is 0 Å². The van der Waals surface area contributed by atoms with E-state index in [9.17, 15) is 9.90 Å². The summed E-state index contributed by atoms with van der Waals surface area (Å²) in [6.45, 7) is 6.40. The van der Waals surface area contributed by atoms with Crippen molar-refractivity contribution in [2.24, 2.45) is 5.92 Å². The average Bonchev–Trinajstić information content (AvgIpc) is 2.03. The van der Waals surface area contributed by atoms with Crippen molar-refractivity contribution >= 4 is 17.7 Å². The fourth-order valence-electron chi connectivity index (χ4n) is 0.911. The molecule has 0 amide bonds. The Hall–Kier alpha value is -0.220. The lowest BCUT2D eigenvalue weighted by Gasteiger charge is -2.10. The van der Waals surface area contributed by atoms with E-state index < -0.39 is 6.10 Å². The molecule has 0 aliphatic heterocycles. The lowest BCUT2D eigenvalue weighted by atomic mass is 10.3. The SMILES string of the molecule is CCOC(=O)CC(O)CSCC(C)C. The zero-order chi connectivity index (χ0) is 11.0. The van der Waals surface area contributed by atoms with Crippen LogP contribution in [0.2, 0.25) is 0 Å². The Labute approximate surface area is 90.2 Å². The summed E-state index contributed by atoms with van der Waals surface area (Å²) in [4.78, 5) is 11.0. The lowest BCUT2D eigenvalue weighted by Crippen LogP contribution is -2.18. The highest BCUT2D eigenvalue weighted by atomic mass is 32.2. The maximum atomic E-state index is 11.0. The number of thioether (sulfide) groups is 1. The van der Waals surface area contributed by atoms with Crippen molar-refractivity contribution in [1.82, 2.24) is 0 Å². The van der Waals surface area contributed by atoms with Crippen molar-refractivity contribution in [2.45, 2.75) is 33.3 Å². The van der Waals surface area contributed by atoms with Crippen LogP contribution in [0.4, 0.5) is 0 Å². The maximum absolute atomic E-state index is 11.0. The van der Waals surface area contributed by atoms with Crippen molar-refractivity contribution in [3.8, 4) is 0 Å². The third-order valence-electron chi connectivity index (χ3n) is 1.47. The summed E-state index contributed by atoms with van der Waals surface area (Å²) >= 11 is 1.67. The first-order valence-corrected chi connectivity index (χ1v) is 6.13. The molecule has 0 saturated heterocycles. The van der Waals surface area contributed by atoms with Crippen LogP contribution < -0.4 is 0 Å². The summed E-state index contributed by atoms with van der Waals surface area (Å²) < 4.78 is 4.73. The molecule has 14 heavy (non-hydrogen) atoms. The molecule has 0 aromatic heterocycles. The highest BCUT2D eigenvalue weighted by Crippen LogP contribution is 2.10. The van der Waals surface area contributed by atoms with Gasteiger partial charge < -0.3 is 9.84 Å². The Morgan fingerprint density at radius 3 is 2.57 bits per heavy atom. The van der Waals surface area contributed by atoms with E-state index in [1.807, 2.05) is 0 Å². The summed E-state index contributed by atoms with van der Waals surface area (Å²) in [6, 6.07) is 0. The largest absolute Gasteiger partial charge is 0.466 e. The summed E-state index contributed by atoms with van der Waals surface area (Å²) in [5, 5.41) is 9.44. The molecule has 0 radical (unpaired) electrons. The molecule has 0 heterocycles. The van der Waals surface area contributed by atoms with E-state index in [1.165, 1.54) is 0 Å². The van der Waals surface area contributed by atoms with Crippen molar-refractivity contribution < 1.29 is 14.6 Å². The van der Waals surface area contributed by atoms with Crippen LogP contribution in [0, 0.1) is 5.92 Å². The Morgan fingerprint density at radius 2 is 2.07 bits per heavy atom. The van der Waals surface area contributed by atoms with Gasteiger partial charge >= 0.3 is 5.97 Å². The van der Waals surface area contributed by atoms with Crippen LogP contribution in [-0.4, -0.2) is 35.3 Å². The summed E-state index contributed by atoms with van der Waals surface area (Å²) in [5.41, 5.74) is 0. The quantitative estimate of drug-likeness (QED) is 0.663. The Balaban J connectivity index is 3.44. The first kappa shape index (κ1) is 13.8. The van der Waals surface area contributed by atoms with E-state index in [-0.39, 0.29) is 12.4 Å². The van der Waals surface area contributed by atoms with E-state index in [4.69, 9.17) is 4.74 Å². The van der Waals surface area contributed by atoms with E-state index in [1.54, 1.807) is 18.7 Å². The zero-order valence-corrected chi connectivity index (χ0v) is 9.97. The van der Waals surface area contributed by atoms with Crippen molar-refractivity contribution in [1.29, 1.82) is 0 Å². The molecule has 4 heteroatoms. The number of ether oxygens (including phenoxy) is 1. The van der Waals surface area contributed by atoms with Crippen LogP contribution in [0.5, 0.6) is 0 Å². The van der Waals surface area contributed by atoms with E-state index in [0.29, 0.717) is 18.3 Å². The van der Waals surface area contributed by atoms with Crippen LogP contribution >= 0.6 is 11.8 Å².